The van der Waals surface area contributed by atoms with E-state index in [-0.39, 0.29) is 0 Å². The van der Waals surface area contributed by atoms with Crippen molar-refractivity contribution in [2.24, 2.45) is 5.41 Å². The Balaban J connectivity index is 1.92. The standard InChI is InChI=1S/C13H24N4/c1-13(2,3)12-11-14-6-8-16(12)9-10-17-7-4-5-15-17/h4-5,7,12,14H,6,8-11H2,1-3H3. The monoisotopic (exact) mass is 236 g/mol. The van der Waals surface area contributed by atoms with Crippen molar-refractivity contribution in [3.63, 3.8) is 0 Å². The quantitative estimate of drug-likeness (QED) is 0.856. The second-order valence-corrected chi connectivity index (χ2v) is 5.89. The van der Waals surface area contributed by atoms with E-state index in [0.29, 0.717) is 11.5 Å². The van der Waals surface area contributed by atoms with Gasteiger partial charge in [0.15, 0.2) is 0 Å². The third kappa shape index (κ3) is 3.30. The molecular formula is C13H24N4. The molecule has 0 aliphatic carbocycles. The summed E-state index contributed by atoms with van der Waals surface area (Å²) in [4.78, 5) is 2.60. The van der Waals surface area contributed by atoms with Crippen LogP contribution in [0.5, 0.6) is 0 Å². The van der Waals surface area contributed by atoms with Gasteiger partial charge in [-0.15, -0.1) is 0 Å². The van der Waals surface area contributed by atoms with Crippen LogP contribution in [-0.4, -0.2) is 46.9 Å². The third-order valence-corrected chi connectivity index (χ3v) is 3.53. The lowest BCUT2D eigenvalue weighted by Crippen LogP contribution is -2.57. The lowest BCUT2D eigenvalue weighted by Gasteiger charge is -2.43. The van der Waals surface area contributed by atoms with Crippen molar-refractivity contribution in [3.05, 3.63) is 18.5 Å². The minimum Gasteiger partial charge on any atom is -0.314 e. The first-order chi connectivity index (χ1) is 8.07. The van der Waals surface area contributed by atoms with Crippen LogP contribution in [0.4, 0.5) is 0 Å². The molecule has 1 aliphatic rings. The molecule has 0 aromatic carbocycles. The fourth-order valence-electron chi connectivity index (χ4n) is 2.53. The molecule has 1 fully saturated rings. The Morgan fingerprint density at radius 3 is 2.82 bits per heavy atom. The highest BCUT2D eigenvalue weighted by Crippen LogP contribution is 2.25. The van der Waals surface area contributed by atoms with E-state index in [9.17, 15) is 0 Å². The molecule has 0 bridgehead atoms. The van der Waals surface area contributed by atoms with Gasteiger partial charge in [0, 0.05) is 44.6 Å². The molecule has 96 valence electrons. The largest absolute Gasteiger partial charge is 0.314 e. The molecule has 2 heterocycles. The van der Waals surface area contributed by atoms with Crippen molar-refractivity contribution in [2.45, 2.75) is 33.4 Å². The smallest absolute Gasteiger partial charge is 0.0536 e. The number of hydrogen-bond donors (Lipinski definition) is 1. The molecule has 1 aromatic rings. The predicted molar refractivity (Wildman–Crippen MR) is 69.9 cm³/mol. The highest BCUT2D eigenvalue weighted by molar-refractivity contribution is 4.88. The van der Waals surface area contributed by atoms with Gasteiger partial charge in [0.25, 0.3) is 0 Å². The SMILES string of the molecule is CC(C)(C)C1CNCCN1CCn1cccn1. The van der Waals surface area contributed by atoms with Crippen LogP contribution >= 0.6 is 0 Å². The highest BCUT2D eigenvalue weighted by atomic mass is 15.3. The Bertz CT molecular complexity index is 326. The van der Waals surface area contributed by atoms with Crippen molar-refractivity contribution in [2.75, 3.05) is 26.2 Å². The van der Waals surface area contributed by atoms with Gasteiger partial charge in [-0.25, -0.2) is 0 Å². The van der Waals surface area contributed by atoms with Crippen LogP contribution in [0, 0.1) is 5.41 Å². The van der Waals surface area contributed by atoms with Gasteiger partial charge < -0.3 is 5.32 Å². The van der Waals surface area contributed by atoms with Gasteiger partial charge in [-0.3, -0.25) is 9.58 Å². The van der Waals surface area contributed by atoms with Crippen LogP contribution in [0.1, 0.15) is 20.8 Å². The normalized spacial score (nSPS) is 22.9. The Morgan fingerprint density at radius 2 is 2.18 bits per heavy atom. The van der Waals surface area contributed by atoms with E-state index >= 15 is 0 Å². The summed E-state index contributed by atoms with van der Waals surface area (Å²) in [5.74, 6) is 0. The maximum absolute atomic E-state index is 4.26. The molecule has 4 nitrogen and oxygen atoms in total. The summed E-state index contributed by atoms with van der Waals surface area (Å²) in [6.07, 6.45) is 3.88. The minimum absolute atomic E-state index is 0.331. The molecule has 17 heavy (non-hydrogen) atoms. The van der Waals surface area contributed by atoms with Crippen LogP contribution in [0.3, 0.4) is 0 Å². The zero-order chi connectivity index (χ0) is 12.3. The number of piperazine rings is 1. The van der Waals surface area contributed by atoms with Crippen LogP contribution in [0.15, 0.2) is 18.5 Å². The molecule has 1 unspecified atom stereocenters. The van der Waals surface area contributed by atoms with E-state index in [1.54, 1.807) is 0 Å². The Hall–Kier alpha value is -0.870. The molecule has 0 saturated carbocycles. The molecule has 1 saturated heterocycles. The molecular weight excluding hydrogens is 212 g/mol. The van der Waals surface area contributed by atoms with Gasteiger partial charge in [-0.2, -0.15) is 5.10 Å². The molecule has 0 spiro atoms. The molecule has 2 rings (SSSR count). The van der Waals surface area contributed by atoms with Crippen LogP contribution in [-0.2, 0) is 6.54 Å². The maximum atomic E-state index is 4.26. The second kappa shape index (κ2) is 5.19. The molecule has 0 radical (unpaired) electrons. The first kappa shape index (κ1) is 12.6. The van der Waals surface area contributed by atoms with Crippen molar-refractivity contribution >= 4 is 0 Å². The topological polar surface area (TPSA) is 33.1 Å². The highest BCUT2D eigenvalue weighted by Gasteiger charge is 2.31. The lowest BCUT2D eigenvalue weighted by atomic mass is 9.84. The summed E-state index contributed by atoms with van der Waals surface area (Å²) in [6, 6.07) is 2.60. The van der Waals surface area contributed by atoms with E-state index in [0.717, 1.165) is 32.7 Å². The Labute approximate surface area is 104 Å². The summed E-state index contributed by atoms with van der Waals surface area (Å²) in [6.45, 7) is 12.4. The average molecular weight is 236 g/mol. The third-order valence-electron chi connectivity index (χ3n) is 3.53. The number of nitrogens with zero attached hydrogens (tertiary/aromatic N) is 3. The van der Waals surface area contributed by atoms with Gasteiger partial charge in [-0.05, 0) is 11.5 Å². The minimum atomic E-state index is 0.331. The first-order valence-electron chi connectivity index (χ1n) is 6.49. The molecule has 1 aliphatic heterocycles. The van der Waals surface area contributed by atoms with Gasteiger partial charge in [0.1, 0.15) is 0 Å². The summed E-state index contributed by atoms with van der Waals surface area (Å²) < 4.78 is 2.02. The van der Waals surface area contributed by atoms with E-state index in [1.165, 1.54) is 0 Å². The Kier molecular flexibility index (Phi) is 3.84. The number of aromatic nitrogens is 2. The zero-order valence-electron chi connectivity index (χ0n) is 11.2. The molecule has 1 atom stereocenters. The van der Waals surface area contributed by atoms with E-state index in [1.807, 2.05) is 23.1 Å². The van der Waals surface area contributed by atoms with Crippen molar-refractivity contribution in [1.29, 1.82) is 0 Å². The molecule has 1 N–H and O–H groups in total. The summed E-state index contributed by atoms with van der Waals surface area (Å²) in [5.41, 5.74) is 0.331. The van der Waals surface area contributed by atoms with Crippen molar-refractivity contribution in [3.8, 4) is 0 Å². The average Bonchev–Trinajstić information content (AvgIpc) is 2.78. The fourth-order valence-corrected chi connectivity index (χ4v) is 2.53. The lowest BCUT2D eigenvalue weighted by molar-refractivity contribution is 0.0714. The Morgan fingerprint density at radius 1 is 1.35 bits per heavy atom. The predicted octanol–water partition coefficient (Wildman–Crippen LogP) is 1.20. The van der Waals surface area contributed by atoms with Crippen molar-refractivity contribution < 1.29 is 0 Å². The maximum Gasteiger partial charge on any atom is 0.0536 e. The fraction of sp³-hybridized carbons (Fsp3) is 0.769. The zero-order valence-corrected chi connectivity index (χ0v) is 11.2. The van der Waals surface area contributed by atoms with Crippen molar-refractivity contribution in [1.82, 2.24) is 20.0 Å². The first-order valence-corrected chi connectivity index (χ1v) is 6.49. The van der Waals surface area contributed by atoms with E-state index in [4.69, 9.17) is 0 Å². The molecule has 0 amide bonds. The number of hydrogen-bond acceptors (Lipinski definition) is 3. The molecule has 4 heteroatoms. The summed E-state index contributed by atoms with van der Waals surface area (Å²) in [5, 5.41) is 7.76. The van der Waals surface area contributed by atoms with Gasteiger partial charge in [0.05, 0.1) is 6.54 Å². The van der Waals surface area contributed by atoms with Gasteiger partial charge >= 0.3 is 0 Å². The molecule has 1 aromatic heterocycles. The second-order valence-electron chi connectivity index (χ2n) is 5.89. The van der Waals surface area contributed by atoms with Crippen LogP contribution < -0.4 is 5.32 Å². The number of rotatable bonds is 3. The number of nitrogens with one attached hydrogen (secondary N) is 1. The van der Waals surface area contributed by atoms with E-state index < -0.39 is 0 Å². The van der Waals surface area contributed by atoms with Crippen LogP contribution in [0.25, 0.3) is 0 Å². The van der Waals surface area contributed by atoms with Crippen LogP contribution in [0.2, 0.25) is 0 Å². The summed E-state index contributed by atoms with van der Waals surface area (Å²) in [7, 11) is 0. The van der Waals surface area contributed by atoms with Gasteiger partial charge in [-0.1, -0.05) is 20.8 Å². The van der Waals surface area contributed by atoms with E-state index in [2.05, 4.69) is 36.1 Å². The van der Waals surface area contributed by atoms with Gasteiger partial charge in [0.2, 0.25) is 0 Å². The summed E-state index contributed by atoms with van der Waals surface area (Å²) >= 11 is 0.